The topological polar surface area (TPSA) is 71.5 Å². The summed E-state index contributed by atoms with van der Waals surface area (Å²) in [4.78, 5) is 31.0. The second kappa shape index (κ2) is 10.6. The van der Waals surface area contributed by atoms with Gasteiger partial charge in [-0.25, -0.2) is 9.78 Å². The Labute approximate surface area is 172 Å². The number of hydrogen-bond donors (Lipinski definition) is 1. The minimum atomic E-state index is -0.396. The van der Waals surface area contributed by atoms with Gasteiger partial charge < -0.3 is 15.0 Å². The molecular weight excluding hydrogens is 366 g/mol. The highest BCUT2D eigenvalue weighted by Crippen LogP contribution is 2.22. The van der Waals surface area contributed by atoms with Crippen LogP contribution in [0.25, 0.3) is 0 Å². The van der Waals surface area contributed by atoms with E-state index in [1.807, 2.05) is 31.2 Å². The van der Waals surface area contributed by atoms with Crippen molar-refractivity contribution in [3.8, 4) is 0 Å². The molecule has 1 N–H and O–H groups in total. The first-order valence-electron chi connectivity index (χ1n) is 10.3. The predicted octanol–water partition coefficient (Wildman–Crippen LogP) is 3.29. The molecule has 154 valence electrons. The normalized spacial score (nSPS) is 13.8. The molecule has 0 unspecified atom stereocenters. The molecule has 3 rings (SSSR count). The lowest BCUT2D eigenvalue weighted by atomic mass is 10.1. The van der Waals surface area contributed by atoms with Crippen molar-refractivity contribution in [1.82, 2.24) is 10.3 Å². The van der Waals surface area contributed by atoms with Gasteiger partial charge in [0, 0.05) is 25.7 Å². The number of esters is 1. The predicted molar refractivity (Wildman–Crippen MR) is 113 cm³/mol. The molecule has 0 aliphatic carbocycles. The van der Waals surface area contributed by atoms with Crippen LogP contribution in [0.4, 0.5) is 5.82 Å². The van der Waals surface area contributed by atoms with E-state index in [1.165, 1.54) is 12.0 Å². The summed E-state index contributed by atoms with van der Waals surface area (Å²) in [7, 11) is 0. The van der Waals surface area contributed by atoms with Gasteiger partial charge in [0.15, 0.2) is 0 Å². The number of anilines is 1. The standard InChI is InChI=1S/C23H29N3O3/c1-18-7-9-19(10-8-18)11-12-21(27)24-14-17-29-23(28)20-6-5-13-25-22(20)26-15-3-2-4-16-26/h5-10,13H,2-4,11-12,14-17H2,1H3,(H,24,27). The number of carbonyl (C=O) groups is 2. The molecule has 0 bridgehead atoms. The third-order valence-corrected chi connectivity index (χ3v) is 5.08. The Morgan fingerprint density at radius 3 is 2.62 bits per heavy atom. The summed E-state index contributed by atoms with van der Waals surface area (Å²) in [6.07, 6.45) is 6.25. The summed E-state index contributed by atoms with van der Waals surface area (Å²) < 4.78 is 5.37. The molecule has 0 saturated carbocycles. The molecule has 2 heterocycles. The van der Waals surface area contributed by atoms with Crippen LogP contribution in [0, 0.1) is 6.92 Å². The Kier molecular flexibility index (Phi) is 7.61. The average Bonchev–Trinajstić information content (AvgIpc) is 2.77. The van der Waals surface area contributed by atoms with Crippen LogP contribution in [-0.4, -0.2) is 43.1 Å². The summed E-state index contributed by atoms with van der Waals surface area (Å²) >= 11 is 0. The van der Waals surface area contributed by atoms with Crippen molar-refractivity contribution in [2.75, 3.05) is 31.1 Å². The van der Waals surface area contributed by atoms with E-state index in [1.54, 1.807) is 18.3 Å². The fourth-order valence-electron chi connectivity index (χ4n) is 3.43. The molecular formula is C23H29N3O3. The molecule has 1 saturated heterocycles. The molecule has 0 spiro atoms. The summed E-state index contributed by atoms with van der Waals surface area (Å²) in [6, 6.07) is 11.7. The molecule has 1 aliphatic rings. The van der Waals surface area contributed by atoms with E-state index in [0.717, 1.165) is 31.5 Å². The van der Waals surface area contributed by atoms with E-state index >= 15 is 0 Å². The Balaban J connectivity index is 1.41. The Hall–Kier alpha value is -2.89. The quantitative estimate of drug-likeness (QED) is 0.549. The zero-order valence-corrected chi connectivity index (χ0v) is 17.0. The Morgan fingerprint density at radius 1 is 1.10 bits per heavy atom. The Morgan fingerprint density at radius 2 is 1.86 bits per heavy atom. The minimum absolute atomic E-state index is 0.0444. The van der Waals surface area contributed by atoms with E-state index in [2.05, 4.69) is 15.2 Å². The minimum Gasteiger partial charge on any atom is -0.460 e. The number of rotatable bonds is 8. The maximum absolute atomic E-state index is 12.5. The third kappa shape index (κ3) is 6.31. The van der Waals surface area contributed by atoms with Crippen LogP contribution in [0.5, 0.6) is 0 Å². The number of piperidine rings is 1. The molecule has 1 aromatic carbocycles. The lowest BCUT2D eigenvalue weighted by Crippen LogP contribution is -2.32. The largest absolute Gasteiger partial charge is 0.460 e. The Bertz CT molecular complexity index is 814. The van der Waals surface area contributed by atoms with Gasteiger partial charge in [-0.3, -0.25) is 4.79 Å². The van der Waals surface area contributed by atoms with Crippen LogP contribution in [0.2, 0.25) is 0 Å². The molecule has 2 aromatic rings. The van der Waals surface area contributed by atoms with Gasteiger partial charge in [0.25, 0.3) is 0 Å². The maximum Gasteiger partial charge on any atom is 0.341 e. The van der Waals surface area contributed by atoms with Gasteiger partial charge in [-0.1, -0.05) is 29.8 Å². The van der Waals surface area contributed by atoms with E-state index in [-0.39, 0.29) is 12.5 Å². The smallest absolute Gasteiger partial charge is 0.341 e. The van der Waals surface area contributed by atoms with E-state index in [0.29, 0.717) is 30.8 Å². The second-order valence-electron chi connectivity index (χ2n) is 7.39. The lowest BCUT2D eigenvalue weighted by Gasteiger charge is -2.28. The molecule has 6 heteroatoms. The van der Waals surface area contributed by atoms with Crippen molar-refractivity contribution < 1.29 is 14.3 Å². The maximum atomic E-state index is 12.5. The molecule has 29 heavy (non-hydrogen) atoms. The number of ether oxygens (including phenoxy) is 1. The SMILES string of the molecule is Cc1ccc(CCC(=O)NCCOC(=O)c2cccnc2N2CCCCC2)cc1. The van der Waals surface area contributed by atoms with Gasteiger partial charge in [0.1, 0.15) is 18.0 Å². The van der Waals surface area contributed by atoms with Crippen molar-refractivity contribution in [2.24, 2.45) is 0 Å². The van der Waals surface area contributed by atoms with Crippen molar-refractivity contribution >= 4 is 17.7 Å². The number of pyridine rings is 1. The molecule has 1 amide bonds. The molecule has 0 radical (unpaired) electrons. The van der Waals surface area contributed by atoms with Crippen molar-refractivity contribution in [3.05, 3.63) is 59.3 Å². The molecule has 6 nitrogen and oxygen atoms in total. The summed E-state index contributed by atoms with van der Waals surface area (Å²) in [6.45, 7) is 4.31. The highest BCUT2D eigenvalue weighted by molar-refractivity contribution is 5.94. The summed E-state index contributed by atoms with van der Waals surface area (Å²) in [5.74, 6) is 0.254. The van der Waals surface area contributed by atoms with Gasteiger partial charge in [-0.15, -0.1) is 0 Å². The van der Waals surface area contributed by atoms with Crippen LogP contribution in [0.1, 0.15) is 47.2 Å². The monoisotopic (exact) mass is 395 g/mol. The fourth-order valence-corrected chi connectivity index (χ4v) is 3.43. The van der Waals surface area contributed by atoms with Crippen LogP contribution >= 0.6 is 0 Å². The van der Waals surface area contributed by atoms with Crippen molar-refractivity contribution in [2.45, 2.75) is 39.0 Å². The van der Waals surface area contributed by atoms with Crippen LogP contribution < -0.4 is 10.2 Å². The zero-order chi connectivity index (χ0) is 20.5. The first-order chi connectivity index (χ1) is 14.1. The molecule has 1 aliphatic heterocycles. The number of benzene rings is 1. The number of hydrogen-bond acceptors (Lipinski definition) is 5. The van der Waals surface area contributed by atoms with Crippen molar-refractivity contribution in [1.29, 1.82) is 0 Å². The van der Waals surface area contributed by atoms with Gasteiger partial charge in [0.2, 0.25) is 5.91 Å². The lowest BCUT2D eigenvalue weighted by molar-refractivity contribution is -0.121. The van der Waals surface area contributed by atoms with E-state index < -0.39 is 5.97 Å². The fraction of sp³-hybridized carbons (Fsp3) is 0.435. The first kappa shape index (κ1) is 20.8. The first-order valence-corrected chi connectivity index (χ1v) is 10.3. The van der Waals surface area contributed by atoms with Gasteiger partial charge in [-0.2, -0.15) is 0 Å². The average molecular weight is 396 g/mol. The summed E-state index contributed by atoms with van der Waals surface area (Å²) in [5, 5.41) is 2.81. The van der Waals surface area contributed by atoms with Crippen LogP contribution in [0.15, 0.2) is 42.6 Å². The number of nitrogens with one attached hydrogen (secondary N) is 1. The highest BCUT2D eigenvalue weighted by atomic mass is 16.5. The van der Waals surface area contributed by atoms with Crippen molar-refractivity contribution in [3.63, 3.8) is 0 Å². The number of aromatic nitrogens is 1. The summed E-state index contributed by atoms with van der Waals surface area (Å²) in [5.41, 5.74) is 2.83. The van der Waals surface area contributed by atoms with Crippen LogP contribution in [0.3, 0.4) is 0 Å². The zero-order valence-electron chi connectivity index (χ0n) is 17.0. The number of carbonyl (C=O) groups excluding carboxylic acids is 2. The van der Waals surface area contributed by atoms with Crippen LogP contribution in [-0.2, 0) is 16.0 Å². The highest BCUT2D eigenvalue weighted by Gasteiger charge is 2.20. The van der Waals surface area contributed by atoms with Gasteiger partial charge in [-0.05, 0) is 50.3 Å². The van der Waals surface area contributed by atoms with Gasteiger partial charge >= 0.3 is 5.97 Å². The number of amides is 1. The van der Waals surface area contributed by atoms with Gasteiger partial charge in [0.05, 0.1) is 6.54 Å². The molecule has 0 atom stereocenters. The number of nitrogens with zero attached hydrogens (tertiary/aromatic N) is 2. The van der Waals surface area contributed by atoms with E-state index in [9.17, 15) is 9.59 Å². The number of aryl methyl sites for hydroxylation is 2. The van der Waals surface area contributed by atoms with E-state index in [4.69, 9.17) is 4.74 Å². The second-order valence-corrected chi connectivity index (χ2v) is 7.39. The molecule has 1 aromatic heterocycles. The molecule has 1 fully saturated rings. The third-order valence-electron chi connectivity index (χ3n) is 5.08.